The fraction of sp³-hybridized carbons (Fsp3) is 0.500. The van der Waals surface area contributed by atoms with Crippen molar-refractivity contribution in [2.45, 2.75) is 32.6 Å². The van der Waals surface area contributed by atoms with E-state index in [1.54, 1.807) is 6.92 Å². The van der Waals surface area contributed by atoms with Crippen molar-refractivity contribution in [1.82, 2.24) is 0 Å². The molecule has 0 saturated carbocycles. The molecular weight excluding hydrogens is 289 g/mol. The van der Waals surface area contributed by atoms with Gasteiger partial charge in [0.15, 0.2) is 17.7 Å². The summed E-state index contributed by atoms with van der Waals surface area (Å²) < 4.78 is 30.9. The highest BCUT2D eigenvalue weighted by molar-refractivity contribution is 5.92. The van der Waals surface area contributed by atoms with Gasteiger partial charge in [-0.15, -0.1) is 0 Å². The van der Waals surface area contributed by atoms with Crippen LogP contribution < -0.4 is 5.32 Å². The molecule has 1 aromatic carbocycles. The number of aliphatic hydroxyl groups excluding tert-OH is 1. The first-order valence-corrected chi connectivity index (χ1v) is 7.46. The first-order chi connectivity index (χ1) is 10.7. The van der Waals surface area contributed by atoms with E-state index in [0.29, 0.717) is 35.4 Å². The molecule has 1 aliphatic rings. The predicted octanol–water partition coefficient (Wildman–Crippen LogP) is 3.11. The summed E-state index contributed by atoms with van der Waals surface area (Å²) in [6.45, 7) is 4.66. The van der Waals surface area contributed by atoms with Crippen LogP contribution in [0.2, 0.25) is 0 Å². The van der Waals surface area contributed by atoms with Gasteiger partial charge in [0.1, 0.15) is 6.26 Å². The molecule has 0 spiro atoms. The predicted molar refractivity (Wildman–Crippen MR) is 80.3 cm³/mol. The van der Waals surface area contributed by atoms with E-state index >= 15 is 0 Å². The fourth-order valence-electron chi connectivity index (χ4n) is 2.63. The summed E-state index contributed by atoms with van der Waals surface area (Å²) >= 11 is 0. The van der Waals surface area contributed by atoms with Crippen LogP contribution in [0.1, 0.15) is 30.8 Å². The van der Waals surface area contributed by atoms with Crippen LogP contribution in [0.3, 0.4) is 0 Å². The highest BCUT2D eigenvalue weighted by atomic mass is 19.1. The Bertz CT molecular complexity index is 660. The summed E-state index contributed by atoms with van der Waals surface area (Å²) in [5, 5.41) is 13.1. The van der Waals surface area contributed by atoms with Crippen LogP contribution in [-0.4, -0.2) is 31.0 Å². The van der Waals surface area contributed by atoms with Gasteiger partial charge in [-0.05, 0) is 25.0 Å². The Morgan fingerprint density at radius 1 is 1.41 bits per heavy atom. The minimum atomic E-state index is -0.540. The molecule has 22 heavy (non-hydrogen) atoms. The van der Waals surface area contributed by atoms with Crippen molar-refractivity contribution in [3.05, 3.63) is 29.3 Å². The van der Waals surface area contributed by atoms with Gasteiger partial charge >= 0.3 is 0 Å². The van der Waals surface area contributed by atoms with Crippen LogP contribution in [0, 0.1) is 12.7 Å². The molecule has 1 atom stereocenters. The van der Waals surface area contributed by atoms with E-state index in [1.165, 1.54) is 6.26 Å². The Hall–Kier alpha value is -1.63. The first kappa shape index (κ1) is 15.3. The van der Waals surface area contributed by atoms with Gasteiger partial charge in [-0.25, -0.2) is 4.39 Å². The van der Waals surface area contributed by atoms with Crippen molar-refractivity contribution >= 4 is 16.7 Å². The minimum Gasteiger partial charge on any atom is -0.459 e. The maximum absolute atomic E-state index is 14.5. The van der Waals surface area contributed by atoms with Crippen molar-refractivity contribution in [3.8, 4) is 0 Å². The van der Waals surface area contributed by atoms with Gasteiger partial charge in [0.25, 0.3) is 0 Å². The third-order valence-corrected chi connectivity index (χ3v) is 4.04. The maximum atomic E-state index is 14.5. The van der Waals surface area contributed by atoms with Crippen LogP contribution in [0.25, 0.3) is 11.0 Å². The largest absolute Gasteiger partial charge is 0.459 e. The number of benzene rings is 1. The molecular formula is C16H20FNO4. The zero-order valence-corrected chi connectivity index (χ0v) is 12.7. The monoisotopic (exact) mass is 309 g/mol. The fourth-order valence-corrected chi connectivity index (χ4v) is 2.63. The first-order valence-electron chi connectivity index (χ1n) is 7.46. The lowest BCUT2D eigenvalue weighted by Gasteiger charge is -2.16. The molecule has 5 nitrogen and oxygen atoms in total. The molecule has 2 heterocycles. The number of anilines is 1. The molecule has 1 fully saturated rings. The number of hydrogen-bond acceptors (Lipinski definition) is 5. The van der Waals surface area contributed by atoms with E-state index in [4.69, 9.17) is 13.9 Å². The standard InChI is InChI=1S/C16H20FNO4/c1-3-10(7-19)18-13-8-22-15-12(13)6-11(9(2)14(15)17)16-20-4-5-21-16/h6,8,10,16,18-19H,3-5,7H2,1-2H3/t10-/m0/s1. The van der Waals surface area contributed by atoms with Gasteiger partial charge in [-0.2, -0.15) is 0 Å². The zero-order valence-electron chi connectivity index (χ0n) is 12.7. The van der Waals surface area contributed by atoms with E-state index < -0.39 is 12.1 Å². The van der Waals surface area contributed by atoms with Crippen LogP contribution in [0.5, 0.6) is 0 Å². The average Bonchev–Trinajstić information content (AvgIpc) is 3.18. The average molecular weight is 309 g/mol. The van der Waals surface area contributed by atoms with Gasteiger partial charge in [0, 0.05) is 17.0 Å². The Balaban J connectivity index is 2.05. The number of ether oxygens (including phenoxy) is 2. The van der Waals surface area contributed by atoms with Crippen molar-refractivity contribution in [2.24, 2.45) is 0 Å². The lowest BCUT2D eigenvalue weighted by molar-refractivity contribution is -0.0446. The Morgan fingerprint density at radius 2 is 2.14 bits per heavy atom. The molecule has 2 N–H and O–H groups in total. The second-order valence-corrected chi connectivity index (χ2v) is 5.44. The molecule has 0 bridgehead atoms. The van der Waals surface area contributed by atoms with Crippen LogP contribution >= 0.6 is 0 Å². The van der Waals surface area contributed by atoms with E-state index in [2.05, 4.69) is 5.32 Å². The normalized spacial score (nSPS) is 17.3. The summed E-state index contributed by atoms with van der Waals surface area (Å²) in [5.41, 5.74) is 2.00. The van der Waals surface area contributed by atoms with E-state index in [1.807, 2.05) is 13.0 Å². The number of halogens is 1. The van der Waals surface area contributed by atoms with Crippen LogP contribution in [0.15, 0.2) is 16.7 Å². The van der Waals surface area contributed by atoms with E-state index in [9.17, 15) is 9.50 Å². The molecule has 0 aliphatic carbocycles. The number of aliphatic hydroxyl groups is 1. The quantitative estimate of drug-likeness (QED) is 0.888. The maximum Gasteiger partial charge on any atom is 0.184 e. The number of rotatable bonds is 5. The van der Waals surface area contributed by atoms with E-state index in [-0.39, 0.29) is 18.2 Å². The van der Waals surface area contributed by atoms with Crippen molar-refractivity contribution < 1.29 is 23.4 Å². The number of fused-ring (bicyclic) bond motifs is 1. The lowest BCUT2D eigenvalue weighted by Crippen LogP contribution is -2.22. The number of hydrogen-bond donors (Lipinski definition) is 2. The zero-order chi connectivity index (χ0) is 15.7. The molecule has 1 aromatic heterocycles. The van der Waals surface area contributed by atoms with Crippen molar-refractivity contribution in [2.75, 3.05) is 25.1 Å². The molecule has 1 saturated heterocycles. The number of nitrogens with one attached hydrogen (secondary N) is 1. The van der Waals surface area contributed by atoms with Crippen LogP contribution in [0.4, 0.5) is 10.1 Å². The third-order valence-electron chi connectivity index (χ3n) is 4.04. The second kappa shape index (κ2) is 6.24. The van der Waals surface area contributed by atoms with Gasteiger partial charge in [0.05, 0.1) is 25.5 Å². The molecule has 0 unspecified atom stereocenters. The molecule has 6 heteroatoms. The SMILES string of the molecule is CC[C@@H](CO)Nc1coc2c(F)c(C)c(C3OCCO3)cc12. The van der Waals surface area contributed by atoms with Gasteiger partial charge in [-0.3, -0.25) is 0 Å². The van der Waals surface area contributed by atoms with Crippen molar-refractivity contribution in [1.29, 1.82) is 0 Å². The molecule has 0 amide bonds. The Morgan fingerprint density at radius 3 is 2.77 bits per heavy atom. The highest BCUT2D eigenvalue weighted by Gasteiger charge is 2.25. The van der Waals surface area contributed by atoms with Gasteiger partial charge in [-0.1, -0.05) is 6.92 Å². The van der Waals surface area contributed by atoms with Gasteiger partial charge < -0.3 is 24.3 Å². The molecule has 3 rings (SSSR count). The summed E-state index contributed by atoms with van der Waals surface area (Å²) in [5.74, 6) is -0.406. The smallest absolute Gasteiger partial charge is 0.184 e. The van der Waals surface area contributed by atoms with Crippen LogP contribution in [-0.2, 0) is 9.47 Å². The summed E-state index contributed by atoms with van der Waals surface area (Å²) in [6.07, 6.45) is 1.69. The van der Waals surface area contributed by atoms with Crippen molar-refractivity contribution in [3.63, 3.8) is 0 Å². The molecule has 120 valence electrons. The summed E-state index contributed by atoms with van der Waals surface area (Å²) in [6, 6.07) is 1.73. The third kappa shape index (κ3) is 2.58. The lowest BCUT2D eigenvalue weighted by atomic mass is 10.0. The Kier molecular flexibility index (Phi) is 4.33. The minimum absolute atomic E-state index is 0.000773. The molecule has 2 aromatic rings. The summed E-state index contributed by atoms with van der Waals surface area (Å²) in [7, 11) is 0. The molecule has 1 aliphatic heterocycles. The van der Waals surface area contributed by atoms with Gasteiger partial charge in [0.2, 0.25) is 0 Å². The second-order valence-electron chi connectivity index (χ2n) is 5.44. The number of furan rings is 1. The Labute approximate surface area is 128 Å². The van der Waals surface area contributed by atoms with E-state index in [0.717, 1.165) is 6.42 Å². The topological polar surface area (TPSA) is 63.9 Å². The molecule has 0 radical (unpaired) electrons. The summed E-state index contributed by atoms with van der Waals surface area (Å²) in [4.78, 5) is 0. The highest BCUT2D eigenvalue weighted by Crippen LogP contribution is 2.36.